The van der Waals surface area contributed by atoms with Gasteiger partial charge in [-0.05, 0) is 76.3 Å². The first-order valence-electron chi connectivity index (χ1n) is 12.9. The Bertz CT molecular complexity index is 1220. The van der Waals surface area contributed by atoms with E-state index < -0.39 is 41.5 Å². The summed E-state index contributed by atoms with van der Waals surface area (Å²) >= 11 is 0. The van der Waals surface area contributed by atoms with Gasteiger partial charge < -0.3 is 26.0 Å². The van der Waals surface area contributed by atoms with Gasteiger partial charge in [-0.1, -0.05) is 42.5 Å². The van der Waals surface area contributed by atoms with Crippen molar-refractivity contribution in [3.8, 4) is 0 Å². The van der Waals surface area contributed by atoms with E-state index in [1.807, 2.05) is 51.1 Å². The van der Waals surface area contributed by atoms with Crippen molar-refractivity contribution < 1.29 is 23.9 Å². The minimum atomic E-state index is -1.17. The maximum absolute atomic E-state index is 14.1. The van der Waals surface area contributed by atoms with Crippen LogP contribution < -0.4 is 16.4 Å². The van der Waals surface area contributed by atoms with Crippen LogP contribution in [0, 0.1) is 20.8 Å². The molecule has 0 radical (unpaired) electrons. The highest BCUT2D eigenvalue weighted by Gasteiger charge is 2.36. The van der Waals surface area contributed by atoms with Crippen LogP contribution in [0.25, 0.3) is 0 Å². The summed E-state index contributed by atoms with van der Waals surface area (Å²) in [6, 6.07) is 10.7. The third kappa shape index (κ3) is 8.98. The standard InChI is InChI=1S/C30H40N4O5/c1-8-18-34(28(37)24(16-17-25(31)35)33-29(38)39-30(5,6)7)26(22-14-11-13-19(2)21(22)4)27(36)32-23-15-10-9-12-20(23)3/h8-15,24,26H,1,16-18H2,2-7H3,(H2,31,35)(H,32,36)(H,33,38). The molecule has 0 bridgehead atoms. The van der Waals surface area contributed by atoms with E-state index in [1.54, 1.807) is 32.9 Å². The first-order valence-corrected chi connectivity index (χ1v) is 12.9. The number of carbonyl (C=O) groups is 4. The zero-order valence-corrected chi connectivity index (χ0v) is 23.7. The Kier molecular flexibility index (Phi) is 10.8. The minimum Gasteiger partial charge on any atom is -0.444 e. The number of carbonyl (C=O) groups excluding carboxylic acids is 4. The quantitative estimate of drug-likeness (QED) is 0.365. The van der Waals surface area contributed by atoms with Gasteiger partial charge >= 0.3 is 6.09 Å². The van der Waals surface area contributed by atoms with E-state index in [2.05, 4.69) is 17.2 Å². The van der Waals surface area contributed by atoms with Crippen molar-refractivity contribution in [1.29, 1.82) is 0 Å². The van der Waals surface area contributed by atoms with E-state index in [0.717, 1.165) is 16.7 Å². The molecule has 210 valence electrons. The summed E-state index contributed by atoms with van der Waals surface area (Å²) in [6.45, 7) is 14.6. The number of anilines is 1. The van der Waals surface area contributed by atoms with Crippen LogP contribution in [0.2, 0.25) is 0 Å². The Balaban J connectivity index is 2.58. The van der Waals surface area contributed by atoms with Crippen LogP contribution in [0.1, 0.15) is 61.9 Å². The van der Waals surface area contributed by atoms with E-state index in [0.29, 0.717) is 11.3 Å². The lowest BCUT2D eigenvalue weighted by atomic mass is 9.94. The van der Waals surface area contributed by atoms with Gasteiger partial charge in [0, 0.05) is 18.7 Å². The summed E-state index contributed by atoms with van der Waals surface area (Å²) in [5, 5.41) is 5.53. The van der Waals surface area contributed by atoms with Gasteiger partial charge in [0.1, 0.15) is 17.7 Å². The second-order valence-electron chi connectivity index (χ2n) is 10.5. The molecule has 39 heavy (non-hydrogen) atoms. The van der Waals surface area contributed by atoms with Gasteiger partial charge in [0.25, 0.3) is 5.91 Å². The molecule has 0 aromatic heterocycles. The molecule has 0 saturated carbocycles. The molecule has 9 heteroatoms. The molecule has 4 amide bonds. The molecule has 0 heterocycles. The summed E-state index contributed by atoms with van der Waals surface area (Å²) in [5.74, 6) is -1.63. The molecule has 0 aliphatic rings. The number of aryl methyl sites for hydroxylation is 2. The molecule has 2 atom stereocenters. The van der Waals surface area contributed by atoms with Crippen molar-refractivity contribution in [1.82, 2.24) is 10.2 Å². The van der Waals surface area contributed by atoms with Gasteiger partial charge in [0.2, 0.25) is 11.8 Å². The molecule has 9 nitrogen and oxygen atoms in total. The molecule has 0 spiro atoms. The lowest BCUT2D eigenvalue weighted by molar-refractivity contribution is -0.140. The molecule has 0 fully saturated rings. The van der Waals surface area contributed by atoms with E-state index >= 15 is 0 Å². The lowest BCUT2D eigenvalue weighted by Gasteiger charge is -2.34. The topological polar surface area (TPSA) is 131 Å². The average Bonchev–Trinajstić information content (AvgIpc) is 2.83. The Morgan fingerprint density at radius 3 is 2.26 bits per heavy atom. The summed E-state index contributed by atoms with van der Waals surface area (Å²) in [7, 11) is 0. The van der Waals surface area contributed by atoms with Crippen LogP contribution in [-0.2, 0) is 19.1 Å². The number of nitrogens with one attached hydrogen (secondary N) is 2. The second-order valence-corrected chi connectivity index (χ2v) is 10.5. The van der Waals surface area contributed by atoms with E-state index in [1.165, 1.54) is 11.0 Å². The molecule has 0 aliphatic carbocycles. The maximum Gasteiger partial charge on any atom is 0.408 e. The predicted octanol–water partition coefficient (Wildman–Crippen LogP) is 4.47. The number of rotatable bonds is 11. The fourth-order valence-corrected chi connectivity index (χ4v) is 4.09. The normalized spacial score (nSPS) is 12.6. The minimum absolute atomic E-state index is 0.00113. The van der Waals surface area contributed by atoms with Gasteiger partial charge in [0.15, 0.2) is 0 Å². The number of nitrogens with two attached hydrogens (primary N) is 1. The molecule has 2 aromatic carbocycles. The van der Waals surface area contributed by atoms with Crippen molar-refractivity contribution in [2.24, 2.45) is 5.73 Å². The number of primary amides is 1. The summed E-state index contributed by atoms with van der Waals surface area (Å²) in [4.78, 5) is 53.6. The maximum atomic E-state index is 14.1. The largest absolute Gasteiger partial charge is 0.444 e. The van der Waals surface area contributed by atoms with Crippen molar-refractivity contribution in [2.75, 3.05) is 11.9 Å². The number of benzene rings is 2. The first-order chi connectivity index (χ1) is 18.2. The third-order valence-corrected chi connectivity index (χ3v) is 6.18. The van der Waals surface area contributed by atoms with E-state index in [4.69, 9.17) is 10.5 Å². The van der Waals surface area contributed by atoms with Crippen LogP contribution in [0.4, 0.5) is 10.5 Å². The monoisotopic (exact) mass is 536 g/mol. The number of nitrogens with zero attached hydrogens (tertiary/aromatic N) is 1. The summed E-state index contributed by atoms with van der Waals surface area (Å²) in [6.07, 6.45) is 0.462. The molecular formula is C30H40N4O5. The molecular weight excluding hydrogens is 496 g/mol. The zero-order chi connectivity index (χ0) is 29.3. The first kappa shape index (κ1) is 31.1. The summed E-state index contributed by atoms with van der Waals surface area (Å²) < 4.78 is 5.35. The highest BCUT2D eigenvalue weighted by atomic mass is 16.6. The zero-order valence-electron chi connectivity index (χ0n) is 23.7. The van der Waals surface area contributed by atoms with Crippen LogP contribution in [0.5, 0.6) is 0 Å². The number of alkyl carbamates (subject to hydrolysis) is 1. The Hall–Kier alpha value is -4.14. The summed E-state index contributed by atoms with van der Waals surface area (Å²) in [5.41, 5.74) is 8.44. The van der Waals surface area contributed by atoms with Crippen molar-refractivity contribution in [3.63, 3.8) is 0 Å². The molecule has 2 unspecified atom stereocenters. The highest BCUT2D eigenvalue weighted by Crippen LogP contribution is 2.29. The lowest BCUT2D eigenvalue weighted by Crippen LogP contribution is -2.52. The van der Waals surface area contributed by atoms with Gasteiger partial charge in [-0.3, -0.25) is 14.4 Å². The molecule has 2 aromatic rings. The Morgan fingerprint density at radius 2 is 1.67 bits per heavy atom. The van der Waals surface area contributed by atoms with E-state index in [-0.39, 0.29) is 19.4 Å². The van der Waals surface area contributed by atoms with Gasteiger partial charge in [0.05, 0.1) is 0 Å². The number of ether oxygens (including phenoxy) is 1. The van der Waals surface area contributed by atoms with Gasteiger partial charge in [-0.15, -0.1) is 6.58 Å². The SMILES string of the molecule is C=CCN(C(=O)C(CCC(N)=O)NC(=O)OC(C)(C)C)C(C(=O)Nc1ccccc1C)c1cccc(C)c1C. The van der Waals surface area contributed by atoms with Crippen LogP contribution in [0.3, 0.4) is 0 Å². The smallest absolute Gasteiger partial charge is 0.408 e. The Labute approximate surface area is 230 Å². The van der Waals surface area contributed by atoms with Crippen molar-refractivity contribution in [3.05, 3.63) is 77.4 Å². The van der Waals surface area contributed by atoms with Crippen molar-refractivity contribution in [2.45, 2.75) is 72.1 Å². The number of hydrogen-bond donors (Lipinski definition) is 3. The van der Waals surface area contributed by atoms with Crippen LogP contribution >= 0.6 is 0 Å². The molecule has 4 N–H and O–H groups in total. The van der Waals surface area contributed by atoms with Gasteiger partial charge in [-0.25, -0.2) is 4.79 Å². The third-order valence-electron chi connectivity index (χ3n) is 6.18. The average molecular weight is 537 g/mol. The molecule has 0 aliphatic heterocycles. The molecule has 2 rings (SSSR count). The van der Waals surface area contributed by atoms with E-state index in [9.17, 15) is 19.2 Å². The number of amides is 4. The Morgan fingerprint density at radius 1 is 1.03 bits per heavy atom. The van der Waals surface area contributed by atoms with Crippen molar-refractivity contribution >= 4 is 29.5 Å². The fourth-order valence-electron chi connectivity index (χ4n) is 4.09. The highest BCUT2D eigenvalue weighted by molar-refractivity contribution is 5.99. The fraction of sp³-hybridized carbons (Fsp3) is 0.400. The van der Waals surface area contributed by atoms with Gasteiger partial charge in [-0.2, -0.15) is 0 Å². The number of para-hydroxylation sites is 1. The predicted molar refractivity (Wildman–Crippen MR) is 152 cm³/mol. The molecule has 0 saturated heterocycles. The second kappa shape index (κ2) is 13.6. The van der Waals surface area contributed by atoms with Crippen LogP contribution in [-0.4, -0.2) is 46.9 Å². The van der Waals surface area contributed by atoms with Crippen LogP contribution in [0.15, 0.2) is 55.1 Å². The number of hydrogen-bond acceptors (Lipinski definition) is 5.